The second-order valence-electron chi connectivity index (χ2n) is 10.8. The summed E-state index contributed by atoms with van der Waals surface area (Å²) >= 11 is 0. The normalized spacial score (nSPS) is 12.5. The van der Waals surface area contributed by atoms with Gasteiger partial charge in [0.05, 0.1) is 6.61 Å². The molecule has 9 heteroatoms. The van der Waals surface area contributed by atoms with Crippen LogP contribution in [0.1, 0.15) is 102 Å². The molecule has 1 heterocycles. The number of hydrogen-bond acceptors (Lipinski definition) is 6. The largest absolute Gasteiger partial charge is 0.447 e. The summed E-state index contributed by atoms with van der Waals surface area (Å²) in [6.45, 7) is 3.67. The lowest BCUT2D eigenvalue weighted by molar-refractivity contribution is -0.688. The maximum atomic E-state index is 12.0. The summed E-state index contributed by atoms with van der Waals surface area (Å²) in [6.07, 6.45) is 21.3. The third-order valence-electron chi connectivity index (χ3n) is 7.15. The molecule has 0 saturated carbocycles. The van der Waals surface area contributed by atoms with Crippen molar-refractivity contribution in [1.29, 1.82) is 0 Å². The van der Waals surface area contributed by atoms with E-state index in [0.29, 0.717) is 12.3 Å². The van der Waals surface area contributed by atoms with Crippen LogP contribution in [0.15, 0.2) is 54.9 Å². The standard InChI is InChI=1S/C33H53N2O6P/c1-3-4-5-6-7-8-9-10-11-12-13-14-15-17-24-34-33(36)39-28-32(38-2)29-40-42(37)41-31-22-20-30(21-23-31)27-35-25-18-16-19-26-35/h16,18-23,25-26,32,37H,3-15,17,24,27-29H2,1-2H3/p+1. The Kier molecular flexibility index (Phi) is 20.7. The molecule has 0 aliphatic rings. The maximum absolute atomic E-state index is 12.0. The first-order valence-corrected chi connectivity index (χ1v) is 17.0. The molecule has 0 fully saturated rings. The van der Waals surface area contributed by atoms with E-state index in [-0.39, 0.29) is 13.2 Å². The van der Waals surface area contributed by atoms with Gasteiger partial charge in [-0.2, -0.15) is 0 Å². The van der Waals surface area contributed by atoms with Gasteiger partial charge >= 0.3 is 14.7 Å². The van der Waals surface area contributed by atoms with Crippen LogP contribution in [0.25, 0.3) is 0 Å². The van der Waals surface area contributed by atoms with Crippen LogP contribution in [0.2, 0.25) is 0 Å². The fraction of sp³-hybridized carbons (Fsp3) is 0.636. The smallest absolute Gasteiger partial charge is 0.407 e. The minimum Gasteiger partial charge on any atom is -0.447 e. The molecule has 8 nitrogen and oxygen atoms in total. The summed E-state index contributed by atoms with van der Waals surface area (Å²) in [5, 5.41) is 2.79. The first-order valence-electron chi connectivity index (χ1n) is 15.9. The molecule has 0 aliphatic heterocycles. The molecule has 0 radical (unpaired) electrons. The predicted octanol–water partition coefficient (Wildman–Crippen LogP) is 7.86. The number of benzene rings is 1. The van der Waals surface area contributed by atoms with Crippen LogP contribution in [0.4, 0.5) is 4.79 Å². The van der Waals surface area contributed by atoms with Gasteiger partial charge in [0, 0.05) is 31.4 Å². The topological polar surface area (TPSA) is 90.1 Å². The number of carbonyl (C=O) groups is 1. The van der Waals surface area contributed by atoms with Gasteiger partial charge in [-0.3, -0.25) is 4.52 Å². The summed E-state index contributed by atoms with van der Waals surface area (Å²) in [6, 6.07) is 13.4. The van der Waals surface area contributed by atoms with E-state index in [1.165, 1.54) is 84.2 Å². The number of nitrogens with one attached hydrogen (secondary N) is 1. The van der Waals surface area contributed by atoms with Crippen molar-refractivity contribution in [3.63, 3.8) is 0 Å². The Balaban J connectivity index is 1.44. The molecule has 2 atom stereocenters. The van der Waals surface area contributed by atoms with Crippen molar-refractivity contribution < 1.29 is 32.8 Å². The minimum atomic E-state index is -2.15. The molecular weight excluding hydrogens is 551 g/mol. The highest BCUT2D eigenvalue weighted by atomic mass is 31.2. The van der Waals surface area contributed by atoms with E-state index in [0.717, 1.165) is 24.9 Å². The van der Waals surface area contributed by atoms with E-state index in [1.807, 2.05) is 42.7 Å². The lowest BCUT2D eigenvalue weighted by Gasteiger charge is -2.18. The molecule has 0 aliphatic carbocycles. The van der Waals surface area contributed by atoms with Crippen LogP contribution in [0.5, 0.6) is 5.75 Å². The molecule has 0 saturated heterocycles. The second-order valence-corrected chi connectivity index (χ2v) is 11.7. The number of methoxy groups -OCH3 is 1. The van der Waals surface area contributed by atoms with Crippen molar-refractivity contribution in [2.75, 3.05) is 26.9 Å². The lowest BCUT2D eigenvalue weighted by Crippen LogP contribution is -2.32. The fourth-order valence-corrected chi connectivity index (χ4v) is 5.23. The zero-order valence-corrected chi connectivity index (χ0v) is 26.8. The molecule has 1 amide bonds. The quantitative estimate of drug-likeness (QED) is 0.0680. The van der Waals surface area contributed by atoms with Crippen molar-refractivity contribution in [2.24, 2.45) is 0 Å². The summed E-state index contributed by atoms with van der Waals surface area (Å²) in [5.41, 5.74) is 1.11. The van der Waals surface area contributed by atoms with Gasteiger partial charge in [0.25, 0.3) is 0 Å². The van der Waals surface area contributed by atoms with Crippen LogP contribution in [-0.2, 0) is 20.5 Å². The first kappa shape index (κ1) is 35.9. The number of unbranched alkanes of at least 4 members (excludes halogenated alkanes) is 13. The molecule has 236 valence electrons. The fourth-order valence-electron chi connectivity index (χ4n) is 4.58. The monoisotopic (exact) mass is 605 g/mol. The Morgan fingerprint density at radius 1 is 0.833 bits per heavy atom. The molecule has 2 N–H and O–H groups in total. The number of amides is 1. The first-order chi connectivity index (χ1) is 20.6. The van der Waals surface area contributed by atoms with Gasteiger partial charge in [0.15, 0.2) is 18.9 Å². The summed E-state index contributed by atoms with van der Waals surface area (Å²) < 4.78 is 23.5. The highest BCUT2D eigenvalue weighted by molar-refractivity contribution is 7.41. The Morgan fingerprint density at radius 3 is 1.98 bits per heavy atom. The van der Waals surface area contributed by atoms with Crippen molar-refractivity contribution in [1.82, 2.24) is 5.32 Å². The number of carbonyl (C=O) groups excluding carboxylic acids is 1. The van der Waals surface area contributed by atoms with Gasteiger partial charge in [-0.25, -0.2) is 9.36 Å². The molecule has 2 rings (SSSR count). The average Bonchev–Trinajstić information content (AvgIpc) is 3.00. The van der Waals surface area contributed by atoms with Crippen LogP contribution in [0, 0.1) is 0 Å². The van der Waals surface area contributed by atoms with E-state index in [2.05, 4.69) is 16.8 Å². The maximum Gasteiger partial charge on any atom is 0.407 e. The predicted molar refractivity (Wildman–Crippen MR) is 168 cm³/mol. The number of ether oxygens (including phenoxy) is 2. The lowest BCUT2D eigenvalue weighted by atomic mass is 10.0. The zero-order chi connectivity index (χ0) is 30.1. The Labute approximate surface area is 255 Å². The summed E-state index contributed by atoms with van der Waals surface area (Å²) in [5.74, 6) is 0.513. The Hall–Kier alpha value is -2.25. The van der Waals surface area contributed by atoms with Crippen LogP contribution in [-0.4, -0.2) is 44.0 Å². The van der Waals surface area contributed by atoms with E-state index >= 15 is 0 Å². The zero-order valence-electron chi connectivity index (χ0n) is 25.9. The molecular formula is C33H54N2O6P+. The average molecular weight is 606 g/mol. The Morgan fingerprint density at radius 2 is 1.40 bits per heavy atom. The van der Waals surface area contributed by atoms with Crippen molar-refractivity contribution in [2.45, 2.75) is 109 Å². The molecule has 2 unspecified atom stereocenters. The molecule has 1 aromatic heterocycles. The van der Waals surface area contributed by atoms with E-state index in [9.17, 15) is 9.69 Å². The van der Waals surface area contributed by atoms with E-state index in [1.54, 1.807) is 12.1 Å². The van der Waals surface area contributed by atoms with Crippen LogP contribution >= 0.6 is 8.60 Å². The summed E-state index contributed by atoms with van der Waals surface area (Å²) in [4.78, 5) is 22.2. The van der Waals surface area contributed by atoms with Gasteiger partial charge in [-0.05, 0) is 30.7 Å². The van der Waals surface area contributed by atoms with Crippen molar-refractivity contribution in [3.05, 3.63) is 60.4 Å². The minimum absolute atomic E-state index is 0.0239. The number of pyridine rings is 1. The van der Waals surface area contributed by atoms with Gasteiger partial charge in [0.2, 0.25) is 0 Å². The Bertz CT molecular complexity index is 919. The number of nitrogens with zero attached hydrogens (tertiary/aromatic N) is 1. The SMILES string of the molecule is CCCCCCCCCCCCCCCCNC(=O)OCC(COP(O)Oc1ccc(C[n+]2ccccc2)cc1)OC. The van der Waals surface area contributed by atoms with Crippen molar-refractivity contribution >= 4 is 14.7 Å². The molecule has 0 bridgehead atoms. The van der Waals surface area contributed by atoms with E-state index < -0.39 is 20.8 Å². The van der Waals surface area contributed by atoms with Gasteiger partial charge in [0.1, 0.15) is 18.5 Å². The molecule has 2 aromatic rings. The van der Waals surface area contributed by atoms with Gasteiger partial charge in [-0.15, -0.1) is 0 Å². The van der Waals surface area contributed by atoms with Crippen LogP contribution in [0.3, 0.4) is 0 Å². The molecule has 0 spiro atoms. The molecule has 42 heavy (non-hydrogen) atoms. The summed E-state index contributed by atoms with van der Waals surface area (Å²) in [7, 11) is -0.638. The highest BCUT2D eigenvalue weighted by Gasteiger charge is 2.17. The number of aromatic nitrogens is 1. The highest BCUT2D eigenvalue weighted by Crippen LogP contribution is 2.35. The van der Waals surface area contributed by atoms with Crippen molar-refractivity contribution in [3.8, 4) is 5.75 Å². The van der Waals surface area contributed by atoms with Crippen LogP contribution < -0.4 is 14.4 Å². The number of hydrogen-bond donors (Lipinski definition) is 2. The van der Waals surface area contributed by atoms with E-state index in [4.69, 9.17) is 18.5 Å². The van der Waals surface area contributed by atoms with Gasteiger partial charge in [-0.1, -0.05) is 96.5 Å². The molecule has 1 aromatic carbocycles. The number of alkyl carbamates (subject to hydrolysis) is 1. The third-order valence-corrected chi connectivity index (χ3v) is 7.89. The third kappa shape index (κ3) is 18.3. The van der Waals surface area contributed by atoms with Gasteiger partial charge < -0.3 is 24.2 Å². The number of rotatable bonds is 25. The second kappa shape index (κ2) is 24.2.